The molecule has 1 aromatic heterocycles. The van der Waals surface area contributed by atoms with Crippen LogP contribution in [0.3, 0.4) is 0 Å². The molecule has 0 atom stereocenters. The molecule has 0 bridgehead atoms. The highest BCUT2D eigenvalue weighted by Crippen LogP contribution is 2.17. The first-order valence-corrected chi connectivity index (χ1v) is 8.25. The fourth-order valence-corrected chi connectivity index (χ4v) is 2.64. The van der Waals surface area contributed by atoms with Gasteiger partial charge in [-0.25, -0.2) is 0 Å². The average Bonchev–Trinajstić information content (AvgIpc) is 2.89. The number of amides is 2. The van der Waals surface area contributed by atoms with Crippen LogP contribution in [0.5, 0.6) is 0 Å². The highest BCUT2D eigenvalue weighted by molar-refractivity contribution is 5.83. The predicted octanol–water partition coefficient (Wildman–Crippen LogP) is 1.28. The molecule has 0 saturated heterocycles. The maximum atomic E-state index is 12.0. The fourth-order valence-electron chi connectivity index (χ4n) is 2.64. The molecule has 1 aromatic carbocycles. The van der Waals surface area contributed by atoms with E-state index in [-0.39, 0.29) is 30.9 Å². The highest BCUT2D eigenvalue weighted by atomic mass is 16.2. The number of benzene rings is 1. The largest absolute Gasteiger partial charge is 0.361 e. The summed E-state index contributed by atoms with van der Waals surface area (Å²) in [4.78, 5) is 28.5. The molecule has 0 unspecified atom stereocenters. The molecule has 1 heterocycles. The van der Waals surface area contributed by atoms with Crippen LogP contribution >= 0.6 is 0 Å². The number of rotatable bonds is 8. The van der Waals surface area contributed by atoms with E-state index < -0.39 is 0 Å². The summed E-state index contributed by atoms with van der Waals surface area (Å²) in [6.07, 6.45) is 2.76. The number of H-pyrrole nitrogens is 1. The third-order valence-electron chi connectivity index (χ3n) is 3.67. The van der Waals surface area contributed by atoms with E-state index in [1.54, 1.807) is 11.9 Å². The second-order valence-corrected chi connectivity index (χ2v) is 6.35. The van der Waals surface area contributed by atoms with Crippen LogP contribution in [0.2, 0.25) is 0 Å². The third kappa shape index (κ3) is 5.38. The number of hydrogen-bond donors (Lipinski definition) is 3. The van der Waals surface area contributed by atoms with Gasteiger partial charge in [-0.1, -0.05) is 18.2 Å². The molecule has 0 aliphatic carbocycles. The molecule has 24 heavy (non-hydrogen) atoms. The van der Waals surface area contributed by atoms with E-state index in [1.807, 2.05) is 38.2 Å². The fraction of sp³-hybridized carbons (Fsp3) is 0.444. The van der Waals surface area contributed by atoms with E-state index in [0.717, 1.165) is 11.9 Å². The van der Waals surface area contributed by atoms with E-state index in [2.05, 4.69) is 21.7 Å². The maximum Gasteiger partial charge on any atom is 0.234 e. The molecular weight excluding hydrogens is 304 g/mol. The Bertz CT molecular complexity index is 693. The van der Waals surface area contributed by atoms with Crippen molar-refractivity contribution in [3.63, 3.8) is 0 Å². The molecule has 2 rings (SSSR count). The molecule has 0 fully saturated rings. The molecular formula is C18H26N4O2. The number of hydrogen-bond acceptors (Lipinski definition) is 3. The van der Waals surface area contributed by atoms with E-state index in [4.69, 9.17) is 0 Å². The molecule has 130 valence electrons. The normalized spacial score (nSPS) is 11.2. The Hall–Kier alpha value is -2.34. The molecule has 0 aliphatic heterocycles. The summed E-state index contributed by atoms with van der Waals surface area (Å²) in [7, 11) is 1.76. The molecule has 0 spiro atoms. The number of carbonyl (C=O) groups is 2. The smallest absolute Gasteiger partial charge is 0.234 e. The zero-order valence-electron chi connectivity index (χ0n) is 14.6. The lowest BCUT2D eigenvalue weighted by Gasteiger charge is -2.17. The molecule has 2 aromatic rings. The second-order valence-electron chi connectivity index (χ2n) is 6.35. The lowest BCUT2D eigenvalue weighted by Crippen LogP contribution is -2.42. The van der Waals surface area contributed by atoms with Crippen molar-refractivity contribution in [1.82, 2.24) is 20.5 Å². The zero-order chi connectivity index (χ0) is 17.5. The summed E-state index contributed by atoms with van der Waals surface area (Å²) in [5.74, 6) is -0.145. The maximum absolute atomic E-state index is 12.0. The van der Waals surface area contributed by atoms with Gasteiger partial charge in [0.25, 0.3) is 0 Å². The van der Waals surface area contributed by atoms with E-state index in [1.165, 1.54) is 10.9 Å². The minimum Gasteiger partial charge on any atom is -0.361 e. The summed E-state index contributed by atoms with van der Waals surface area (Å²) in [6.45, 7) is 4.82. The molecule has 6 nitrogen and oxygen atoms in total. The monoisotopic (exact) mass is 330 g/mol. The van der Waals surface area contributed by atoms with Gasteiger partial charge in [0.05, 0.1) is 13.1 Å². The summed E-state index contributed by atoms with van der Waals surface area (Å²) >= 11 is 0. The number of aromatic amines is 1. The van der Waals surface area contributed by atoms with Crippen LogP contribution in [0.4, 0.5) is 0 Å². The van der Waals surface area contributed by atoms with E-state index in [9.17, 15) is 9.59 Å². The molecule has 0 radical (unpaired) electrons. The van der Waals surface area contributed by atoms with Crippen LogP contribution in [0, 0.1) is 0 Å². The quantitative estimate of drug-likeness (QED) is 0.682. The van der Waals surface area contributed by atoms with Crippen molar-refractivity contribution in [2.45, 2.75) is 26.3 Å². The van der Waals surface area contributed by atoms with Crippen LogP contribution in [0.15, 0.2) is 30.5 Å². The van der Waals surface area contributed by atoms with Crippen molar-refractivity contribution in [2.24, 2.45) is 0 Å². The van der Waals surface area contributed by atoms with Crippen molar-refractivity contribution in [2.75, 3.05) is 26.7 Å². The number of likely N-dealkylation sites (N-methyl/N-ethyl adjacent to an activating group) is 1. The molecule has 2 amide bonds. The Morgan fingerprint density at radius 3 is 2.62 bits per heavy atom. The summed E-state index contributed by atoms with van der Waals surface area (Å²) in [5, 5.41) is 6.90. The lowest BCUT2D eigenvalue weighted by atomic mass is 10.1. The molecule has 6 heteroatoms. The molecule has 3 N–H and O–H groups in total. The Kier molecular flexibility index (Phi) is 6.37. The third-order valence-corrected chi connectivity index (χ3v) is 3.67. The van der Waals surface area contributed by atoms with Crippen molar-refractivity contribution < 1.29 is 9.59 Å². The van der Waals surface area contributed by atoms with Crippen molar-refractivity contribution in [3.8, 4) is 0 Å². The van der Waals surface area contributed by atoms with Crippen LogP contribution < -0.4 is 10.6 Å². The van der Waals surface area contributed by atoms with Crippen LogP contribution in [-0.4, -0.2) is 54.4 Å². The van der Waals surface area contributed by atoms with Gasteiger partial charge in [0.15, 0.2) is 0 Å². The minimum absolute atomic E-state index is 0.0703. The van der Waals surface area contributed by atoms with Gasteiger partial charge in [-0.2, -0.15) is 0 Å². The Morgan fingerprint density at radius 2 is 1.88 bits per heavy atom. The van der Waals surface area contributed by atoms with Gasteiger partial charge in [0, 0.05) is 29.7 Å². The SMILES string of the molecule is CC(C)NC(=O)CN(C)CC(=O)NCCc1c[nH]c2ccccc12. The Labute approximate surface area is 142 Å². The zero-order valence-corrected chi connectivity index (χ0v) is 14.6. The number of carbonyl (C=O) groups excluding carboxylic acids is 2. The number of para-hydroxylation sites is 1. The topological polar surface area (TPSA) is 77.2 Å². The first-order valence-electron chi connectivity index (χ1n) is 8.25. The van der Waals surface area contributed by atoms with Gasteiger partial charge in [0.2, 0.25) is 11.8 Å². The predicted molar refractivity (Wildman–Crippen MR) is 95.8 cm³/mol. The molecule has 0 aliphatic rings. The minimum atomic E-state index is -0.0744. The van der Waals surface area contributed by atoms with Gasteiger partial charge in [0.1, 0.15) is 0 Å². The van der Waals surface area contributed by atoms with Crippen molar-refractivity contribution >= 4 is 22.7 Å². The number of aromatic nitrogens is 1. The average molecular weight is 330 g/mol. The number of fused-ring (bicyclic) bond motifs is 1. The number of nitrogens with one attached hydrogen (secondary N) is 3. The van der Waals surface area contributed by atoms with Gasteiger partial charge in [-0.15, -0.1) is 0 Å². The lowest BCUT2D eigenvalue weighted by molar-refractivity contribution is -0.124. The first-order chi connectivity index (χ1) is 11.5. The second kappa shape index (κ2) is 8.49. The summed E-state index contributed by atoms with van der Waals surface area (Å²) in [6, 6.07) is 8.22. The van der Waals surface area contributed by atoms with E-state index >= 15 is 0 Å². The van der Waals surface area contributed by atoms with Gasteiger partial charge in [-0.3, -0.25) is 14.5 Å². The highest BCUT2D eigenvalue weighted by Gasteiger charge is 2.11. The van der Waals surface area contributed by atoms with Crippen molar-refractivity contribution in [3.05, 3.63) is 36.0 Å². The van der Waals surface area contributed by atoms with Gasteiger partial charge in [-0.05, 0) is 38.9 Å². The van der Waals surface area contributed by atoms with Gasteiger partial charge >= 0.3 is 0 Å². The first kappa shape index (κ1) is 18.0. The molecule has 0 saturated carbocycles. The summed E-state index contributed by atoms with van der Waals surface area (Å²) in [5.41, 5.74) is 2.30. The Balaban J connectivity index is 1.72. The van der Waals surface area contributed by atoms with E-state index in [0.29, 0.717) is 6.54 Å². The van der Waals surface area contributed by atoms with Crippen molar-refractivity contribution in [1.29, 1.82) is 0 Å². The van der Waals surface area contributed by atoms with Crippen LogP contribution in [-0.2, 0) is 16.0 Å². The van der Waals surface area contributed by atoms with Crippen LogP contribution in [0.1, 0.15) is 19.4 Å². The number of nitrogens with zero attached hydrogens (tertiary/aromatic N) is 1. The summed E-state index contributed by atoms with van der Waals surface area (Å²) < 4.78 is 0. The Morgan fingerprint density at radius 1 is 1.17 bits per heavy atom. The standard InChI is InChI=1S/C18H26N4O2/c1-13(2)21-18(24)12-22(3)11-17(23)19-9-8-14-10-20-16-7-5-4-6-15(14)16/h4-7,10,13,20H,8-9,11-12H2,1-3H3,(H,19,23)(H,21,24). The van der Waals surface area contributed by atoms with Crippen LogP contribution in [0.25, 0.3) is 10.9 Å². The van der Waals surface area contributed by atoms with Gasteiger partial charge < -0.3 is 15.6 Å².